The molecular weight excluding hydrogens is 329 g/mol. The molecule has 0 fully saturated rings. The van der Waals surface area contributed by atoms with Gasteiger partial charge in [0.05, 0.1) is 14.8 Å². The van der Waals surface area contributed by atoms with Gasteiger partial charge in [0.2, 0.25) is 9.84 Å². The van der Waals surface area contributed by atoms with Crippen molar-refractivity contribution in [2.45, 2.75) is 16.2 Å². The molecule has 0 aliphatic carbocycles. The molecule has 3 nitrogen and oxygen atoms in total. The molecule has 21 heavy (non-hydrogen) atoms. The van der Waals surface area contributed by atoms with Gasteiger partial charge in [-0.15, -0.1) is 13.2 Å². The molecule has 8 heteroatoms. The number of sulfone groups is 1. The van der Waals surface area contributed by atoms with E-state index in [2.05, 4.69) is 4.74 Å². The van der Waals surface area contributed by atoms with Crippen molar-refractivity contribution in [3.8, 4) is 5.75 Å². The molecule has 0 N–H and O–H groups in total. The highest BCUT2D eigenvalue weighted by atomic mass is 35.5. The highest BCUT2D eigenvalue weighted by Gasteiger charge is 2.31. The van der Waals surface area contributed by atoms with Crippen molar-refractivity contribution >= 4 is 21.4 Å². The van der Waals surface area contributed by atoms with Gasteiger partial charge in [0.15, 0.2) is 0 Å². The minimum Gasteiger partial charge on any atom is -0.406 e. The third kappa shape index (κ3) is 3.68. The lowest BCUT2D eigenvalue weighted by Gasteiger charge is -2.11. The highest BCUT2D eigenvalue weighted by Crippen LogP contribution is 2.32. The fourth-order valence-corrected chi connectivity index (χ4v) is 3.43. The third-order valence-electron chi connectivity index (χ3n) is 2.48. The first-order valence-corrected chi connectivity index (χ1v) is 7.42. The first-order valence-electron chi connectivity index (χ1n) is 5.55. The number of rotatable bonds is 3. The number of alkyl halides is 3. The summed E-state index contributed by atoms with van der Waals surface area (Å²) in [5, 5.41) is -0.347. The van der Waals surface area contributed by atoms with E-state index < -0.39 is 21.9 Å². The number of hydrogen-bond acceptors (Lipinski definition) is 3. The van der Waals surface area contributed by atoms with Crippen molar-refractivity contribution in [2.24, 2.45) is 0 Å². The lowest BCUT2D eigenvalue weighted by molar-refractivity contribution is -0.274. The number of halogens is 4. The monoisotopic (exact) mass is 336 g/mol. The molecule has 0 saturated carbocycles. The maximum atomic E-state index is 12.3. The van der Waals surface area contributed by atoms with Crippen LogP contribution in [0.2, 0.25) is 5.02 Å². The predicted octanol–water partition coefficient (Wildman–Crippen LogP) is 4.07. The Morgan fingerprint density at radius 1 is 1.00 bits per heavy atom. The maximum absolute atomic E-state index is 12.3. The van der Waals surface area contributed by atoms with Crippen LogP contribution in [-0.2, 0) is 9.84 Å². The van der Waals surface area contributed by atoms with E-state index in [1.54, 1.807) is 6.07 Å². The van der Waals surface area contributed by atoms with E-state index in [9.17, 15) is 21.6 Å². The van der Waals surface area contributed by atoms with Crippen LogP contribution in [0.25, 0.3) is 0 Å². The lowest BCUT2D eigenvalue weighted by atomic mass is 10.3. The Bertz CT molecular complexity index is 743. The van der Waals surface area contributed by atoms with Crippen LogP contribution in [-0.4, -0.2) is 14.8 Å². The zero-order chi connectivity index (χ0) is 15.7. The molecule has 0 aliphatic heterocycles. The van der Waals surface area contributed by atoms with E-state index in [0.29, 0.717) is 0 Å². The van der Waals surface area contributed by atoms with Crippen LogP contribution in [0.3, 0.4) is 0 Å². The average Bonchev–Trinajstić information content (AvgIpc) is 2.37. The summed E-state index contributed by atoms with van der Waals surface area (Å²) in [4.78, 5) is -0.290. The molecule has 0 amide bonds. The van der Waals surface area contributed by atoms with Gasteiger partial charge in [-0.1, -0.05) is 29.8 Å². The van der Waals surface area contributed by atoms with Crippen molar-refractivity contribution in [3.63, 3.8) is 0 Å². The van der Waals surface area contributed by atoms with Crippen molar-refractivity contribution in [1.82, 2.24) is 0 Å². The van der Waals surface area contributed by atoms with E-state index in [1.165, 1.54) is 24.3 Å². The summed E-state index contributed by atoms with van der Waals surface area (Å²) < 4.78 is 64.6. The van der Waals surface area contributed by atoms with Gasteiger partial charge in [0.25, 0.3) is 0 Å². The van der Waals surface area contributed by atoms with Crippen LogP contribution in [0, 0.1) is 0 Å². The first-order chi connectivity index (χ1) is 9.70. The Kier molecular flexibility index (Phi) is 4.15. The molecule has 0 radical (unpaired) electrons. The normalized spacial score (nSPS) is 12.2. The van der Waals surface area contributed by atoms with Crippen LogP contribution < -0.4 is 4.74 Å². The standard InChI is InChI=1S/C13H8ClF3O3S/c14-11-8-9(20-13(15,16)17)6-7-12(11)21(18,19)10-4-2-1-3-5-10/h1-8H. The Balaban J connectivity index is 2.42. The lowest BCUT2D eigenvalue weighted by Crippen LogP contribution is -2.17. The van der Waals surface area contributed by atoms with E-state index in [0.717, 1.165) is 18.2 Å². The zero-order valence-electron chi connectivity index (χ0n) is 10.3. The minimum atomic E-state index is -4.87. The van der Waals surface area contributed by atoms with Gasteiger partial charge in [-0.3, -0.25) is 0 Å². The van der Waals surface area contributed by atoms with Crippen molar-refractivity contribution in [3.05, 3.63) is 53.6 Å². The third-order valence-corrected chi connectivity index (χ3v) is 4.73. The Labute approximate surface area is 123 Å². The smallest absolute Gasteiger partial charge is 0.406 e. The fourth-order valence-electron chi connectivity index (χ4n) is 1.62. The summed E-state index contributed by atoms with van der Waals surface area (Å²) in [6.07, 6.45) is -4.87. The molecule has 0 aromatic heterocycles. The summed E-state index contributed by atoms with van der Waals surface area (Å²) in [7, 11) is -3.90. The van der Waals surface area contributed by atoms with Crippen molar-refractivity contribution < 1.29 is 26.3 Å². The van der Waals surface area contributed by atoms with Gasteiger partial charge in [-0.2, -0.15) is 0 Å². The molecule has 2 aromatic carbocycles. The molecule has 0 heterocycles. The molecular formula is C13H8ClF3O3S. The van der Waals surface area contributed by atoms with Crippen LogP contribution in [0.15, 0.2) is 58.3 Å². The van der Waals surface area contributed by atoms with Crippen molar-refractivity contribution in [1.29, 1.82) is 0 Å². The molecule has 2 aromatic rings. The Morgan fingerprint density at radius 3 is 2.14 bits per heavy atom. The first kappa shape index (κ1) is 15.7. The maximum Gasteiger partial charge on any atom is 0.573 e. The zero-order valence-corrected chi connectivity index (χ0v) is 11.8. The summed E-state index contributed by atoms with van der Waals surface area (Å²) in [6.45, 7) is 0. The minimum absolute atomic E-state index is 0.00334. The number of hydrogen-bond donors (Lipinski definition) is 0. The number of ether oxygens (including phenoxy) is 1. The van der Waals surface area contributed by atoms with Crippen LogP contribution in [0.4, 0.5) is 13.2 Å². The van der Waals surface area contributed by atoms with Gasteiger partial charge >= 0.3 is 6.36 Å². The fraction of sp³-hybridized carbons (Fsp3) is 0.0769. The second-order valence-electron chi connectivity index (χ2n) is 3.96. The van der Waals surface area contributed by atoms with Gasteiger partial charge < -0.3 is 4.74 Å². The van der Waals surface area contributed by atoms with Gasteiger partial charge in [-0.05, 0) is 24.3 Å². The predicted molar refractivity (Wildman–Crippen MR) is 70.0 cm³/mol. The number of benzene rings is 2. The molecule has 0 bridgehead atoms. The highest BCUT2D eigenvalue weighted by molar-refractivity contribution is 7.91. The Hall–Kier alpha value is -1.73. The molecule has 0 spiro atoms. The van der Waals surface area contributed by atoms with Gasteiger partial charge in [0, 0.05) is 6.07 Å². The second-order valence-corrected chi connectivity index (χ2v) is 6.28. The van der Waals surface area contributed by atoms with E-state index in [-0.39, 0.29) is 14.8 Å². The average molecular weight is 337 g/mol. The van der Waals surface area contributed by atoms with Crippen molar-refractivity contribution in [2.75, 3.05) is 0 Å². The summed E-state index contributed by atoms with van der Waals surface area (Å²) in [6, 6.07) is 10.1. The molecule has 0 saturated heterocycles. The Morgan fingerprint density at radius 2 is 1.62 bits per heavy atom. The summed E-state index contributed by atoms with van der Waals surface area (Å²) >= 11 is 5.77. The van der Waals surface area contributed by atoms with E-state index in [1.807, 2.05) is 0 Å². The largest absolute Gasteiger partial charge is 0.573 e. The molecule has 112 valence electrons. The van der Waals surface area contributed by atoms with Crippen LogP contribution in [0.5, 0.6) is 5.75 Å². The van der Waals surface area contributed by atoms with Gasteiger partial charge in [-0.25, -0.2) is 8.42 Å². The van der Waals surface area contributed by atoms with E-state index in [4.69, 9.17) is 11.6 Å². The quantitative estimate of drug-likeness (QED) is 0.848. The van der Waals surface area contributed by atoms with Crippen LogP contribution >= 0.6 is 11.6 Å². The molecule has 0 atom stereocenters. The second kappa shape index (κ2) is 5.57. The molecule has 0 aliphatic rings. The van der Waals surface area contributed by atoms with Crippen LogP contribution in [0.1, 0.15) is 0 Å². The van der Waals surface area contributed by atoms with Gasteiger partial charge in [0.1, 0.15) is 5.75 Å². The van der Waals surface area contributed by atoms with E-state index >= 15 is 0 Å². The molecule has 0 unspecified atom stereocenters. The SMILES string of the molecule is O=S(=O)(c1ccccc1)c1ccc(OC(F)(F)F)cc1Cl. The summed E-state index contributed by atoms with van der Waals surface area (Å²) in [5.74, 6) is -0.584. The molecule has 2 rings (SSSR count). The summed E-state index contributed by atoms with van der Waals surface area (Å²) in [5.41, 5.74) is 0. The topological polar surface area (TPSA) is 43.4 Å².